The van der Waals surface area contributed by atoms with Crippen molar-refractivity contribution in [1.82, 2.24) is 5.32 Å². The van der Waals surface area contributed by atoms with E-state index in [-0.39, 0.29) is 29.9 Å². The molecule has 116 valence electrons. The molecule has 5 nitrogen and oxygen atoms in total. The van der Waals surface area contributed by atoms with Gasteiger partial charge in [0.15, 0.2) is 24.4 Å². The molecule has 1 aromatic carbocycles. The van der Waals surface area contributed by atoms with Crippen LogP contribution in [0, 0.1) is 0 Å². The molecule has 0 aliphatic carbocycles. The quantitative estimate of drug-likeness (QED) is 0.750. The lowest BCUT2D eigenvalue weighted by atomic mass is 10.2. The summed E-state index contributed by atoms with van der Waals surface area (Å²) >= 11 is 5.87. The highest BCUT2D eigenvalue weighted by Gasteiger charge is 2.15. The van der Waals surface area contributed by atoms with Gasteiger partial charge in [-0.05, 0) is 19.4 Å². The Kier molecular flexibility index (Phi) is 7.02. The Morgan fingerprint density at radius 1 is 1.48 bits per heavy atom. The van der Waals surface area contributed by atoms with Crippen LogP contribution in [0.5, 0.6) is 11.5 Å². The fourth-order valence-corrected chi connectivity index (χ4v) is 2.16. The summed E-state index contributed by atoms with van der Waals surface area (Å²) in [7, 11) is 1.44. The van der Waals surface area contributed by atoms with Crippen molar-refractivity contribution >= 4 is 23.8 Å². The summed E-state index contributed by atoms with van der Waals surface area (Å²) in [6, 6.07) is 3.08. The van der Waals surface area contributed by atoms with Crippen LogP contribution in [0.15, 0.2) is 12.1 Å². The molecule has 0 aliphatic heterocycles. The molecule has 0 aromatic heterocycles. The van der Waals surface area contributed by atoms with Crippen LogP contribution < -0.4 is 14.8 Å². The van der Waals surface area contributed by atoms with E-state index in [9.17, 15) is 9.59 Å². The smallest absolute Gasteiger partial charge is 0.258 e. The van der Waals surface area contributed by atoms with Crippen LogP contribution in [0.2, 0.25) is 5.02 Å². The summed E-state index contributed by atoms with van der Waals surface area (Å²) in [4.78, 5) is 22.8. The topological polar surface area (TPSA) is 64.6 Å². The lowest BCUT2D eigenvalue weighted by Gasteiger charge is -2.15. The molecule has 0 saturated heterocycles. The number of rotatable bonds is 8. The summed E-state index contributed by atoms with van der Waals surface area (Å²) in [5.41, 5.74) is 0.244. The summed E-state index contributed by atoms with van der Waals surface area (Å²) < 4.78 is 10.5. The third-order valence-corrected chi connectivity index (χ3v) is 3.09. The second-order valence-electron chi connectivity index (χ2n) is 4.69. The number of halogens is 1. The van der Waals surface area contributed by atoms with E-state index in [2.05, 4.69) is 5.32 Å². The van der Waals surface area contributed by atoms with Crippen LogP contribution in [-0.4, -0.2) is 32.0 Å². The average molecular weight is 314 g/mol. The van der Waals surface area contributed by atoms with Crippen molar-refractivity contribution in [3.8, 4) is 11.5 Å². The Labute approximate surface area is 129 Å². The third kappa shape index (κ3) is 5.27. The van der Waals surface area contributed by atoms with E-state index in [4.69, 9.17) is 21.1 Å². The number of nitrogens with one attached hydrogen (secondary N) is 1. The van der Waals surface area contributed by atoms with Gasteiger partial charge in [-0.1, -0.05) is 24.9 Å². The van der Waals surface area contributed by atoms with Gasteiger partial charge >= 0.3 is 0 Å². The van der Waals surface area contributed by atoms with Gasteiger partial charge in [0.05, 0.1) is 12.7 Å². The van der Waals surface area contributed by atoms with Gasteiger partial charge in [0.25, 0.3) is 5.91 Å². The van der Waals surface area contributed by atoms with Gasteiger partial charge < -0.3 is 14.8 Å². The molecule has 0 spiro atoms. The van der Waals surface area contributed by atoms with Gasteiger partial charge in [-0.15, -0.1) is 0 Å². The molecule has 1 N–H and O–H groups in total. The zero-order valence-electron chi connectivity index (χ0n) is 12.4. The first kappa shape index (κ1) is 17.3. The van der Waals surface area contributed by atoms with Crippen LogP contribution in [-0.2, 0) is 4.79 Å². The molecule has 0 fully saturated rings. The minimum absolute atomic E-state index is 0.0868. The minimum Gasteiger partial charge on any atom is -0.493 e. The van der Waals surface area contributed by atoms with E-state index in [0.29, 0.717) is 17.1 Å². The molecule has 1 unspecified atom stereocenters. The Morgan fingerprint density at radius 3 is 2.76 bits per heavy atom. The van der Waals surface area contributed by atoms with E-state index < -0.39 is 0 Å². The van der Waals surface area contributed by atoms with Gasteiger partial charge in [-0.3, -0.25) is 9.59 Å². The number of methoxy groups -OCH3 is 1. The Bertz CT molecular complexity index is 505. The highest BCUT2D eigenvalue weighted by atomic mass is 35.5. The van der Waals surface area contributed by atoms with E-state index >= 15 is 0 Å². The zero-order valence-corrected chi connectivity index (χ0v) is 13.2. The van der Waals surface area contributed by atoms with Gasteiger partial charge in [0.1, 0.15) is 0 Å². The molecule has 1 atom stereocenters. The van der Waals surface area contributed by atoms with Crippen molar-refractivity contribution < 1.29 is 19.1 Å². The van der Waals surface area contributed by atoms with Crippen LogP contribution in [0.1, 0.15) is 37.0 Å². The highest BCUT2D eigenvalue weighted by molar-refractivity contribution is 6.31. The number of amides is 1. The van der Waals surface area contributed by atoms with Crippen molar-refractivity contribution in [3.63, 3.8) is 0 Å². The summed E-state index contributed by atoms with van der Waals surface area (Å²) in [6.07, 6.45) is 2.50. The molecule has 1 rings (SSSR count). The lowest BCUT2D eigenvalue weighted by molar-refractivity contribution is -0.123. The molecule has 0 aliphatic rings. The van der Waals surface area contributed by atoms with Crippen LogP contribution in [0.3, 0.4) is 0 Å². The maximum absolute atomic E-state index is 11.8. The number of aldehydes is 1. The number of hydrogen-bond donors (Lipinski definition) is 1. The van der Waals surface area contributed by atoms with Crippen molar-refractivity contribution in [2.24, 2.45) is 0 Å². The fourth-order valence-electron chi connectivity index (χ4n) is 1.94. The van der Waals surface area contributed by atoms with Gasteiger partial charge in [0, 0.05) is 17.1 Å². The molecule has 6 heteroatoms. The number of carbonyl (C=O) groups excluding carboxylic acids is 2. The van der Waals surface area contributed by atoms with Crippen molar-refractivity contribution in [1.29, 1.82) is 0 Å². The normalized spacial score (nSPS) is 11.6. The van der Waals surface area contributed by atoms with Gasteiger partial charge in [0.2, 0.25) is 0 Å². The molecule has 0 saturated carbocycles. The van der Waals surface area contributed by atoms with E-state index in [1.807, 2.05) is 13.8 Å². The molecule has 0 radical (unpaired) electrons. The Morgan fingerprint density at radius 2 is 2.19 bits per heavy atom. The first-order chi connectivity index (χ1) is 10.0. The second kappa shape index (κ2) is 8.52. The summed E-state index contributed by atoms with van der Waals surface area (Å²) in [5, 5.41) is 3.18. The molecule has 0 bridgehead atoms. The monoisotopic (exact) mass is 313 g/mol. The second-order valence-corrected chi connectivity index (χ2v) is 5.13. The first-order valence-electron chi connectivity index (χ1n) is 6.76. The van der Waals surface area contributed by atoms with Crippen molar-refractivity contribution in [3.05, 3.63) is 22.7 Å². The van der Waals surface area contributed by atoms with Crippen LogP contribution in [0.4, 0.5) is 0 Å². The number of ether oxygens (including phenoxy) is 2. The average Bonchev–Trinajstić information content (AvgIpc) is 2.44. The van der Waals surface area contributed by atoms with Crippen molar-refractivity contribution in [2.45, 2.75) is 32.7 Å². The lowest BCUT2D eigenvalue weighted by Crippen LogP contribution is -2.36. The largest absolute Gasteiger partial charge is 0.493 e. The Hall–Kier alpha value is -1.75. The fraction of sp³-hybridized carbons (Fsp3) is 0.467. The predicted octanol–water partition coefficient (Wildman–Crippen LogP) is 2.84. The standard InChI is InChI=1S/C15H20ClNO4/c1-4-5-10(2)17-14(19)9-21-15-11(8-18)6-12(16)7-13(15)20-3/h6-8,10H,4-5,9H2,1-3H3,(H,17,19). The molecule has 1 amide bonds. The maximum Gasteiger partial charge on any atom is 0.258 e. The van der Waals surface area contributed by atoms with Gasteiger partial charge in [-0.25, -0.2) is 0 Å². The molecule has 0 heterocycles. The molecule has 1 aromatic rings. The first-order valence-corrected chi connectivity index (χ1v) is 7.14. The maximum atomic E-state index is 11.8. The SMILES string of the molecule is CCCC(C)NC(=O)COc1c(C=O)cc(Cl)cc1OC. The molecule has 21 heavy (non-hydrogen) atoms. The third-order valence-electron chi connectivity index (χ3n) is 2.87. The Balaban J connectivity index is 2.74. The minimum atomic E-state index is -0.246. The molecular weight excluding hydrogens is 294 g/mol. The highest BCUT2D eigenvalue weighted by Crippen LogP contribution is 2.33. The van der Waals surface area contributed by atoms with Crippen LogP contribution in [0.25, 0.3) is 0 Å². The number of carbonyl (C=O) groups is 2. The number of benzene rings is 1. The molecular formula is C15H20ClNO4. The van der Waals surface area contributed by atoms with E-state index in [0.717, 1.165) is 12.8 Å². The zero-order chi connectivity index (χ0) is 15.8. The van der Waals surface area contributed by atoms with E-state index in [1.165, 1.54) is 19.2 Å². The predicted molar refractivity (Wildman–Crippen MR) is 81.4 cm³/mol. The van der Waals surface area contributed by atoms with Crippen LogP contribution >= 0.6 is 11.6 Å². The van der Waals surface area contributed by atoms with Gasteiger partial charge in [-0.2, -0.15) is 0 Å². The number of hydrogen-bond acceptors (Lipinski definition) is 4. The summed E-state index contributed by atoms with van der Waals surface area (Å²) in [6.45, 7) is 3.79. The summed E-state index contributed by atoms with van der Waals surface area (Å²) in [5.74, 6) is 0.291. The van der Waals surface area contributed by atoms with Crippen molar-refractivity contribution in [2.75, 3.05) is 13.7 Å². The van der Waals surface area contributed by atoms with E-state index in [1.54, 1.807) is 0 Å².